The molecule has 1 fully saturated rings. The fourth-order valence-electron chi connectivity index (χ4n) is 1.53. The molecule has 2 rings (SSSR count). The Kier molecular flexibility index (Phi) is 2.46. The van der Waals surface area contributed by atoms with Crippen molar-refractivity contribution in [3.63, 3.8) is 0 Å². The average Bonchev–Trinajstić information content (AvgIpc) is 2.90. The first-order chi connectivity index (χ1) is 6.97. The van der Waals surface area contributed by atoms with Gasteiger partial charge in [-0.2, -0.15) is 13.2 Å². The number of halogens is 3. The molecule has 1 aliphatic rings. The van der Waals surface area contributed by atoms with Crippen LogP contribution < -0.4 is 0 Å². The van der Waals surface area contributed by atoms with E-state index in [4.69, 9.17) is 4.74 Å². The minimum Gasteiger partial charge on any atom is -0.373 e. The summed E-state index contributed by atoms with van der Waals surface area (Å²) < 4.78 is 42.1. The van der Waals surface area contributed by atoms with Gasteiger partial charge < -0.3 is 4.74 Å². The Morgan fingerprint density at radius 1 is 1.40 bits per heavy atom. The highest BCUT2D eigenvalue weighted by molar-refractivity contribution is 5.33. The van der Waals surface area contributed by atoms with E-state index >= 15 is 0 Å². The van der Waals surface area contributed by atoms with Gasteiger partial charge in [-0.3, -0.25) is 0 Å². The highest BCUT2D eigenvalue weighted by atomic mass is 19.4. The summed E-state index contributed by atoms with van der Waals surface area (Å²) in [6.45, 7) is 2.42. The molecule has 0 N–H and O–H groups in total. The Balaban J connectivity index is 2.21. The lowest BCUT2D eigenvalue weighted by Crippen LogP contribution is -2.06. The molecule has 1 heterocycles. The maximum absolute atomic E-state index is 12.3. The summed E-state index contributed by atoms with van der Waals surface area (Å²) in [4.78, 5) is 0. The highest BCUT2D eigenvalue weighted by Crippen LogP contribution is 2.31. The second kappa shape index (κ2) is 3.52. The van der Waals surface area contributed by atoms with Crippen molar-refractivity contribution >= 4 is 0 Å². The van der Waals surface area contributed by atoms with Gasteiger partial charge in [0, 0.05) is 6.42 Å². The number of hydrogen-bond donors (Lipinski definition) is 0. The van der Waals surface area contributed by atoms with E-state index < -0.39 is 11.7 Å². The van der Waals surface area contributed by atoms with E-state index in [0.29, 0.717) is 12.0 Å². The topological polar surface area (TPSA) is 12.5 Å². The number of benzene rings is 1. The number of ether oxygens (including phenoxy) is 1. The Labute approximate surface area is 85.9 Å². The molecule has 1 unspecified atom stereocenters. The molecule has 0 radical (unpaired) electrons. The molecule has 1 aliphatic heterocycles. The maximum Gasteiger partial charge on any atom is 0.416 e. The van der Waals surface area contributed by atoms with Crippen LogP contribution in [0.3, 0.4) is 0 Å². The number of rotatable bonds is 2. The van der Waals surface area contributed by atoms with Crippen molar-refractivity contribution in [2.45, 2.75) is 25.6 Å². The second-order valence-corrected chi connectivity index (χ2v) is 3.80. The van der Waals surface area contributed by atoms with Gasteiger partial charge in [-0.1, -0.05) is 6.07 Å². The van der Waals surface area contributed by atoms with Crippen LogP contribution in [0.1, 0.15) is 16.7 Å². The van der Waals surface area contributed by atoms with Gasteiger partial charge in [-0.25, -0.2) is 0 Å². The van der Waals surface area contributed by atoms with Gasteiger partial charge in [0.15, 0.2) is 0 Å². The van der Waals surface area contributed by atoms with Crippen LogP contribution in [-0.4, -0.2) is 12.7 Å². The van der Waals surface area contributed by atoms with Crippen LogP contribution in [0.5, 0.6) is 0 Å². The van der Waals surface area contributed by atoms with E-state index in [1.54, 1.807) is 13.0 Å². The molecule has 1 nitrogen and oxygen atoms in total. The predicted octanol–water partition coefficient (Wildman–Crippen LogP) is 2.96. The molecule has 0 bridgehead atoms. The molecular weight excluding hydrogens is 205 g/mol. The van der Waals surface area contributed by atoms with Crippen molar-refractivity contribution in [1.82, 2.24) is 0 Å². The van der Waals surface area contributed by atoms with E-state index in [1.807, 2.05) is 0 Å². The van der Waals surface area contributed by atoms with E-state index in [9.17, 15) is 13.2 Å². The van der Waals surface area contributed by atoms with Crippen molar-refractivity contribution in [3.8, 4) is 0 Å². The van der Waals surface area contributed by atoms with E-state index in [-0.39, 0.29) is 6.10 Å². The van der Waals surface area contributed by atoms with E-state index in [0.717, 1.165) is 18.2 Å². The summed E-state index contributed by atoms with van der Waals surface area (Å²) in [6.07, 6.45) is -3.33. The zero-order valence-electron chi connectivity index (χ0n) is 8.27. The maximum atomic E-state index is 12.3. The third-order valence-corrected chi connectivity index (χ3v) is 2.52. The largest absolute Gasteiger partial charge is 0.416 e. The lowest BCUT2D eigenvalue weighted by Gasteiger charge is -2.10. The first kappa shape index (κ1) is 10.5. The van der Waals surface area contributed by atoms with Crippen LogP contribution in [0.2, 0.25) is 0 Å². The minimum atomic E-state index is -4.25. The third kappa shape index (κ3) is 2.50. The molecule has 0 amide bonds. The molecule has 0 spiro atoms. The van der Waals surface area contributed by atoms with Gasteiger partial charge in [0.25, 0.3) is 0 Å². The zero-order valence-corrected chi connectivity index (χ0v) is 8.27. The van der Waals surface area contributed by atoms with Gasteiger partial charge in [-0.15, -0.1) is 0 Å². The number of aryl methyl sites for hydroxylation is 1. The Bertz CT molecular complexity index is 367. The second-order valence-electron chi connectivity index (χ2n) is 3.80. The summed E-state index contributed by atoms with van der Waals surface area (Å²) in [5.41, 5.74) is 1.03. The van der Waals surface area contributed by atoms with Crippen molar-refractivity contribution in [3.05, 3.63) is 34.9 Å². The molecule has 82 valence electrons. The number of epoxide rings is 1. The average molecular weight is 216 g/mol. The quantitative estimate of drug-likeness (QED) is 0.692. The molecule has 0 aliphatic carbocycles. The van der Waals surface area contributed by atoms with E-state index in [1.165, 1.54) is 6.07 Å². The fraction of sp³-hybridized carbons (Fsp3) is 0.455. The fourth-order valence-corrected chi connectivity index (χ4v) is 1.53. The van der Waals surface area contributed by atoms with Gasteiger partial charge >= 0.3 is 6.18 Å². The number of hydrogen-bond acceptors (Lipinski definition) is 1. The van der Waals surface area contributed by atoms with Crippen LogP contribution in [-0.2, 0) is 17.3 Å². The Morgan fingerprint density at radius 2 is 2.07 bits per heavy atom. The summed E-state index contributed by atoms with van der Waals surface area (Å²) in [5.74, 6) is 0. The Morgan fingerprint density at radius 3 is 2.53 bits per heavy atom. The van der Waals surface area contributed by atoms with Crippen molar-refractivity contribution in [2.75, 3.05) is 6.61 Å². The molecule has 4 heteroatoms. The molecule has 1 aromatic rings. The summed E-state index contributed by atoms with van der Waals surface area (Å²) in [7, 11) is 0. The van der Waals surface area contributed by atoms with Gasteiger partial charge in [0.1, 0.15) is 0 Å². The molecule has 1 saturated heterocycles. The van der Waals surface area contributed by atoms with Gasteiger partial charge in [-0.05, 0) is 30.2 Å². The molecule has 0 saturated carbocycles. The minimum absolute atomic E-state index is 0.209. The smallest absolute Gasteiger partial charge is 0.373 e. The predicted molar refractivity (Wildman–Crippen MR) is 49.6 cm³/mol. The zero-order chi connectivity index (χ0) is 11.1. The molecule has 1 atom stereocenters. The SMILES string of the molecule is Cc1cc(C(F)(F)F)ccc1CC1CO1. The molecule has 0 aromatic heterocycles. The summed E-state index contributed by atoms with van der Waals surface area (Å²) >= 11 is 0. The Hall–Kier alpha value is -1.03. The lowest BCUT2D eigenvalue weighted by molar-refractivity contribution is -0.137. The number of alkyl halides is 3. The molecular formula is C11H11F3O. The summed E-state index contributed by atoms with van der Waals surface area (Å²) in [6, 6.07) is 3.86. The highest BCUT2D eigenvalue weighted by Gasteiger charge is 2.31. The lowest BCUT2D eigenvalue weighted by atomic mass is 10.0. The monoisotopic (exact) mass is 216 g/mol. The van der Waals surface area contributed by atoms with Crippen molar-refractivity contribution in [2.24, 2.45) is 0 Å². The van der Waals surface area contributed by atoms with Crippen LogP contribution in [0.25, 0.3) is 0 Å². The first-order valence-corrected chi connectivity index (χ1v) is 4.75. The van der Waals surface area contributed by atoms with Crippen molar-refractivity contribution in [1.29, 1.82) is 0 Å². The molecule has 15 heavy (non-hydrogen) atoms. The van der Waals surface area contributed by atoms with Crippen LogP contribution >= 0.6 is 0 Å². The third-order valence-electron chi connectivity index (χ3n) is 2.52. The van der Waals surface area contributed by atoms with Gasteiger partial charge in [0.2, 0.25) is 0 Å². The van der Waals surface area contributed by atoms with Gasteiger partial charge in [0.05, 0.1) is 18.3 Å². The van der Waals surface area contributed by atoms with E-state index in [2.05, 4.69) is 0 Å². The first-order valence-electron chi connectivity index (χ1n) is 4.75. The normalized spacial score (nSPS) is 20.4. The van der Waals surface area contributed by atoms with Crippen LogP contribution in [0.4, 0.5) is 13.2 Å². The standard InChI is InChI=1S/C11H11F3O/c1-7-4-9(11(12,13)14)3-2-8(7)5-10-6-15-10/h2-4,10H,5-6H2,1H3. The summed E-state index contributed by atoms with van der Waals surface area (Å²) in [5, 5.41) is 0. The molecule has 1 aromatic carbocycles. The van der Waals surface area contributed by atoms with Crippen molar-refractivity contribution < 1.29 is 17.9 Å². The van der Waals surface area contributed by atoms with Crippen LogP contribution in [0.15, 0.2) is 18.2 Å². The van der Waals surface area contributed by atoms with Crippen LogP contribution in [0, 0.1) is 6.92 Å².